The van der Waals surface area contributed by atoms with Gasteiger partial charge >= 0.3 is 0 Å². The summed E-state index contributed by atoms with van der Waals surface area (Å²) < 4.78 is 3.06. The third-order valence-electron chi connectivity index (χ3n) is 4.17. The van der Waals surface area contributed by atoms with Crippen LogP contribution in [0.2, 0.25) is 0 Å². The first-order valence-electron chi connectivity index (χ1n) is 7.73. The summed E-state index contributed by atoms with van der Waals surface area (Å²) in [5.41, 5.74) is 2.79. The normalized spacial score (nSPS) is 16.5. The number of nitrogens with one attached hydrogen (secondary N) is 1. The molecule has 1 atom stereocenters. The third-order valence-corrected chi connectivity index (χ3v) is 6.08. The summed E-state index contributed by atoms with van der Waals surface area (Å²) in [5.74, 6) is 0. The quantitative estimate of drug-likeness (QED) is 0.820. The molecular weight excluding hydrogens is 346 g/mol. The number of aromatic nitrogens is 2. The first-order valence-corrected chi connectivity index (χ1v) is 9.34. The Morgan fingerprint density at radius 3 is 2.90 bits per heavy atom. The molecule has 0 aromatic carbocycles. The van der Waals surface area contributed by atoms with E-state index >= 15 is 0 Å². The number of halogens is 1. The molecule has 114 valence electrons. The molecule has 2 aromatic heterocycles. The van der Waals surface area contributed by atoms with E-state index in [1.807, 2.05) is 29.3 Å². The van der Waals surface area contributed by atoms with Crippen molar-refractivity contribution in [2.45, 2.75) is 45.1 Å². The van der Waals surface area contributed by atoms with Gasteiger partial charge in [-0.3, -0.25) is 4.68 Å². The molecule has 1 unspecified atom stereocenters. The van der Waals surface area contributed by atoms with E-state index in [1.54, 1.807) is 10.4 Å². The Morgan fingerprint density at radius 1 is 1.38 bits per heavy atom. The van der Waals surface area contributed by atoms with Crippen molar-refractivity contribution in [2.24, 2.45) is 7.05 Å². The van der Waals surface area contributed by atoms with Gasteiger partial charge < -0.3 is 5.32 Å². The van der Waals surface area contributed by atoms with Gasteiger partial charge in [0.15, 0.2) is 0 Å². The summed E-state index contributed by atoms with van der Waals surface area (Å²) in [4.78, 5) is 3.02. The van der Waals surface area contributed by atoms with Gasteiger partial charge in [0, 0.05) is 16.8 Å². The van der Waals surface area contributed by atoms with Crippen molar-refractivity contribution in [3.8, 4) is 0 Å². The molecule has 0 saturated carbocycles. The maximum Gasteiger partial charge on any atom is 0.0853 e. The first kappa shape index (κ1) is 15.3. The van der Waals surface area contributed by atoms with Crippen LogP contribution < -0.4 is 5.32 Å². The van der Waals surface area contributed by atoms with Crippen molar-refractivity contribution < 1.29 is 0 Å². The van der Waals surface area contributed by atoms with E-state index in [-0.39, 0.29) is 6.04 Å². The minimum absolute atomic E-state index is 0.230. The Labute approximate surface area is 138 Å². The van der Waals surface area contributed by atoms with E-state index in [9.17, 15) is 0 Å². The Morgan fingerprint density at radius 2 is 2.19 bits per heavy atom. The molecule has 1 N–H and O–H groups in total. The van der Waals surface area contributed by atoms with Crippen LogP contribution in [0.1, 0.15) is 53.2 Å². The molecule has 1 aliphatic carbocycles. The van der Waals surface area contributed by atoms with Crippen LogP contribution in [-0.4, -0.2) is 16.3 Å². The van der Waals surface area contributed by atoms with Crippen molar-refractivity contribution in [3.63, 3.8) is 0 Å². The Kier molecular flexibility index (Phi) is 4.82. The van der Waals surface area contributed by atoms with E-state index in [0.29, 0.717) is 0 Å². The van der Waals surface area contributed by atoms with Crippen molar-refractivity contribution in [2.75, 3.05) is 6.54 Å². The fourth-order valence-corrected chi connectivity index (χ4v) is 5.03. The lowest BCUT2D eigenvalue weighted by Crippen LogP contribution is -2.23. The molecule has 0 radical (unpaired) electrons. The fraction of sp³-hybridized carbons (Fsp3) is 0.562. The zero-order valence-electron chi connectivity index (χ0n) is 12.7. The molecule has 0 spiro atoms. The molecule has 21 heavy (non-hydrogen) atoms. The summed E-state index contributed by atoms with van der Waals surface area (Å²) in [6, 6.07) is 2.66. The van der Waals surface area contributed by atoms with Gasteiger partial charge in [-0.2, -0.15) is 5.10 Å². The number of aryl methyl sites for hydroxylation is 3. The van der Waals surface area contributed by atoms with Gasteiger partial charge in [0.2, 0.25) is 0 Å². The van der Waals surface area contributed by atoms with Crippen molar-refractivity contribution >= 4 is 27.3 Å². The van der Waals surface area contributed by atoms with Crippen LogP contribution in [0.25, 0.3) is 0 Å². The monoisotopic (exact) mass is 367 g/mol. The zero-order chi connectivity index (χ0) is 14.8. The topological polar surface area (TPSA) is 29.9 Å². The first-order chi connectivity index (χ1) is 10.2. The predicted molar refractivity (Wildman–Crippen MR) is 92.0 cm³/mol. The highest BCUT2D eigenvalue weighted by atomic mass is 79.9. The molecular formula is C16H22BrN3S. The third kappa shape index (κ3) is 3.10. The maximum absolute atomic E-state index is 4.38. The van der Waals surface area contributed by atoms with E-state index in [0.717, 1.165) is 11.0 Å². The molecule has 1 aliphatic rings. The van der Waals surface area contributed by atoms with Crippen LogP contribution in [0.15, 0.2) is 16.7 Å². The number of nitrogens with zero attached hydrogens (tertiary/aromatic N) is 2. The van der Waals surface area contributed by atoms with Gasteiger partial charge in [0.1, 0.15) is 0 Å². The summed E-state index contributed by atoms with van der Waals surface area (Å²) in [6.45, 7) is 3.11. The van der Waals surface area contributed by atoms with Gasteiger partial charge in [-0.15, -0.1) is 11.3 Å². The highest BCUT2D eigenvalue weighted by molar-refractivity contribution is 9.10. The summed E-state index contributed by atoms with van der Waals surface area (Å²) in [5, 5.41) is 8.00. The lowest BCUT2D eigenvalue weighted by molar-refractivity contribution is 0.577. The van der Waals surface area contributed by atoms with Crippen LogP contribution in [0.3, 0.4) is 0 Å². The second-order valence-corrected chi connectivity index (χ2v) is 7.67. The molecule has 2 aromatic rings. The fourth-order valence-electron chi connectivity index (χ4n) is 3.11. The van der Waals surface area contributed by atoms with Crippen molar-refractivity contribution in [3.05, 3.63) is 37.7 Å². The van der Waals surface area contributed by atoms with Gasteiger partial charge in [-0.05, 0) is 59.8 Å². The minimum atomic E-state index is 0.230. The summed E-state index contributed by atoms with van der Waals surface area (Å²) in [7, 11) is 2.02. The minimum Gasteiger partial charge on any atom is -0.305 e. The van der Waals surface area contributed by atoms with E-state index in [4.69, 9.17) is 0 Å². The van der Waals surface area contributed by atoms with Crippen LogP contribution in [0.5, 0.6) is 0 Å². The molecule has 0 fully saturated rings. The van der Waals surface area contributed by atoms with Crippen molar-refractivity contribution in [1.82, 2.24) is 15.1 Å². The molecule has 2 heterocycles. The molecule has 5 heteroatoms. The largest absolute Gasteiger partial charge is 0.305 e. The number of rotatable bonds is 4. The summed E-state index contributed by atoms with van der Waals surface area (Å²) >= 11 is 5.64. The highest BCUT2D eigenvalue weighted by Gasteiger charge is 2.23. The van der Waals surface area contributed by atoms with E-state index in [1.165, 1.54) is 42.7 Å². The van der Waals surface area contributed by atoms with Crippen LogP contribution in [0, 0.1) is 0 Å². The number of hydrogen-bond acceptors (Lipinski definition) is 3. The molecule has 0 aliphatic heterocycles. The second kappa shape index (κ2) is 6.63. The van der Waals surface area contributed by atoms with Gasteiger partial charge in [-0.25, -0.2) is 0 Å². The molecule has 3 rings (SSSR count). The predicted octanol–water partition coefficient (Wildman–Crippen LogP) is 4.21. The van der Waals surface area contributed by atoms with Gasteiger partial charge in [0.25, 0.3) is 0 Å². The van der Waals surface area contributed by atoms with Crippen molar-refractivity contribution in [1.29, 1.82) is 0 Å². The Bertz CT molecular complexity index is 574. The molecule has 0 saturated heterocycles. The van der Waals surface area contributed by atoms with Crippen LogP contribution >= 0.6 is 27.3 Å². The average molecular weight is 368 g/mol. The molecule has 0 amide bonds. The van der Waals surface area contributed by atoms with E-state index in [2.05, 4.69) is 39.3 Å². The van der Waals surface area contributed by atoms with Gasteiger partial charge in [-0.1, -0.05) is 13.3 Å². The maximum atomic E-state index is 4.38. The smallest absolute Gasteiger partial charge is 0.0853 e. The highest BCUT2D eigenvalue weighted by Crippen LogP contribution is 2.36. The van der Waals surface area contributed by atoms with Crippen LogP contribution in [0.4, 0.5) is 0 Å². The van der Waals surface area contributed by atoms with Crippen LogP contribution in [-0.2, 0) is 19.9 Å². The lowest BCUT2D eigenvalue weighted by atomic mass is 10.1. The van der Waals surface area contributed by atoms with Gasteiger partial charge in [0.05, 0.1) is 22.4 Å². The second-order valence-electron chi connectivity index (χ2n) is 5.65. The number of hydrogen-bond donors (Lipinski definition) is 1. The van der Waals surface area contributed by atoms with E-state index < -0.39 is 0 Å². The average Bonchev–Trinajstić information content (AvgIpc) is 2.94. The molecule has 3 nitrogen and oxygen atoms in total. The standard InChI is InChI=1S/C16H22BrN3S/c1-3-18-15(16-12(17)10-19-20(16)2)14-9-11-7-5-4-6-8-13(11)21-14/h9-10,15,18H,3-8H2,1-2H3. The number of fused-ring (bicyclic) bond motifs is 1. The summed E-state index contributed by atoms with van der Waals surface area (Å²) in [6.07, 6.45) is 8.44. The number of thiophene rings is 1. The lowest BCUT2D eigenvalue weighted by Gasteiger charge is -2.17. The Balaban J connectivity index is 1.98. The molecule has 0 bridgehead atoms. The zero-order valence-corrected chi connectivity index (χ0v) is 15.1. The SMILES string of the molecule is CCNC(c1cc2c(s1)CCCCC2)c1c(Br)cnn1C. The Hall–Kier alpha value is -0.650.